The van der Waals surface area contributed by atoms with Crippen LogP contribution in [0.2, 0.25) is 0 Å². The smallest absolute Gasteiger partial charge is 0.356 e. The van der Waals surface area contributed by atoms with Gasteiger partial charge in [0, 0.05) is 12.1 Å². The Kier molecular flexibility index (Phi) is 3.30. The van der Waals surface area contributed by atoms with Gasteiger partial charge in [0.05, 0.1) is 12.1 Å². The molecule has 0 unspecified atom stereocenters. The Labute approximate surface area is 124 Å². The molecule has 0 spiro atoms. The van der Waals surface area contributed by atoms with Crippen LogP contribution in [-0.4, -0.2) is 31.1 Å². The first-order chi connectivity index (χ1) is 9.97. The SMILES string of the molecule is O=C(O)c1ncsc1S(=O)(=O)Nc1ccc2c(c1)CCO2. The number of thiazole rings is 1. The third kappa shape index (κ3) is 2.57. The van der Waals surface area contributed by atoms with Crippen LogP contribution in [0.5, 0.6) is 5.75 Å². The Morgan fingerprint density at radius 2 is 2.24 bits per heavy atom. The maximum Gasteiger partial charge on any atom is 0.356 e. The molecule has 7 nitrogen and oxygen atoms in total. The Bertz CT molecular complexity index is 813. The first-order valence-electron chi connectivity index (χ1n) is 5.93. The minimum absolute atomic E-state index is 0.313. The number of nitrogens with one attached hydrogen (secondary N) is 1. The molecular weight excluding hydrogens is 316 g/mol. The molecule has 2 N–H and O–H groups in total. The van der Waals surface area contributed by atoms with Gasteiger partial charge in [-0.25, -0.2) is 18.2 Å². The zero-order valence-corrected chi connectivity index (χ0v) is 12.2. The molecule has 1 aromatic carbocycles. The summed E-state index contributed by atoms with van der Waals surface area (Å²) in [7, 11) is -3.98. The molecule has 2 heterocycles. The molecule has 0 radical (unpaired) electrons. The van der Waals surface area contributed by atoms with Crippen molar-refractivity contribution in [3.05, 3.63) is 35.0 Å². The molecule has 0 bridgehead atoms. The van der Waals surface area contributed by atoms with Gasteiger partial charge in [0.25, 0.3) is 10.0 Å². The summed E-state index contributed by atoms with van der Waals surface area (Å²) in [6.07, 6.45) is 0.714. The van der Waals surface area contributed by atoms with Crippen molar-refractivity contribution in [1.29, 1.82) is 0 Å². The number of aromatic nitrogens is 1. The van der Waals surface area contributed by atoms with E-state index in [-0.39, 0.29) is 4.21 Å². The van der Waals surface area contributed by atoms with Gasteiger partial charge >= 0.3 is 5.97 Å². The molecule has 3 rings (SSSR count). The van der Waals surface area contributed by atoms with E-state index < -0.39 is 21.7 Å². The highest BCUT2D eigenvalue weighted by Crippen LogP contribution is 2.29. The fourth-order valence-electron chi connectivity index (χ4n) is 2.02. The van der Waals surface area contributed by atoms with Gasteiger partial charge in [0.15, 0.2) is 9.90 Å². The number of hydrogen-bond acceptors (Lipinski definition) is 6. The summed E-state index contributed by atoms with van der Waals surface area (Å²) in [6.45, 7) is 0.573. The predicted octanol–water partition coefficient (Wildman–Crippen LogP) is 1.58. The van der Waals surface area contributed by atoms with E-state index in [0.29, 0.717) is 18.7 Å². The van der Waals surface area contributed by atoms with Gasteiger partial charge in [0.2, 0.25) is 0 Å². The van der Waals surface area contributed by atoms with Crippen LogP contribution in [0.4, 0.5) is 5.69 Å². The molecule has 110 valence electrons. The van der Waals surface area contributed by atoms with Crippen LogP contribution in [0.3, 0.4) is 0 Å². The van der Waals surface area contributed by atoms with E-state index in [1.807, 2.05) is 0 Å². The number of carbonyl (C=O) groups is 1. The summed E-state index contributed by atoms with van der Waals surface area (Å²) in [4.78, 5) is 14.5. The second-order valence-electron chi connectivity index (χ2n) is 4.32. The van der Waals surface area contributed by atoms with Gasteiger partial charge in [-0.1, -0.05) is 0 Å². The molecule has 1 aliphatic rings. The molecule has 0 aliphatic carbocycles. The van der Waals surface area contributed by atoms with Crippen molar-refractivity contribution < 1.29 is 23.1 Å². The number of aromatic carboxylic acids is 1. The topological polar surface area (TPSA) is 106 Å². The van der Waals surface area contributed by atoms with Crippen molar-refractivity contribution in [2.24, 2.45) is 0 Å². The lowest BCUT2D eigenvalue weighted by atomic mass is 10.1. The average molecular weight is 326 g/mol. The van der Waals surface area contributed by atoms with Gasteiger partial charge in [-0.05, 0) is 23.8 Å². The Balaban J connectivity index is 1.93. The Morgan fingerprint density at radius 3 is 3.00 bits per heavy atom. The summed E-state index contributed by atoms with van der Waals surface area (Å²) < 4.78 is 31.9. The van der Waals surface area contributed by atoms with E-state index in [2.05, 4.69) is 9.71 Å². The van der Waals surface area contributed by atoms with Crippen LogP contribution in [-0.2, 0) is 16.4 Å². The minimum atomic E-state index is -3.98. The van der Waals surface area contributed by atoms with E-state index in [4.69, 9.17) is 9.84 Å². The van der Waals surface area contributed by atoms with E-state index in [9.17, 15) is 13.2 Å². The number of sulfonamides is 1. The number of anilines is 1. The Morgan fingerprint density at radius 1 is 1.43 bits per heavy atom. The molecule has 21 heavy (non-hydrogen) atoms. The number of fused-ring (bicyclic) bond motifs is 1. The summed E-state index contributed by atoms with van der Waals surface area (Å²) in [5, 5.41) is 8.95. The molecule has 0 amide bonds. The van der Waals surface area contributed by atoms with Gasteiger partial charge in [-0.2, -0.15) is 0 Å². The minimum Gasteiger partial charge on any atom is -0.493 e. The zero-order chi connectivity index (χ0) is 15.0. The Hall–Kier alpha value is -2.13. The lowest BCUT2D eigenvalue weighted by molar-refractivity contribution is 0.0687. The van der Waals surface area contributed by atoms with Crippen molar-refractivity contribution in [3.63, 3.8) is 0 Å². The predicted molar refractivity (Wildman–Crippen MR) is 75.5 cm³/mol. The highest BCUT2D eigenvalue weighted by Gasteiger charge is 2.26. The summed E-state index contributed by atoms with van der Waals surface area (Å²) in [6, 6.07) is 4.94. The summed E-state index contributed by atoms with van der Waals surface area (Å²) in [5.41, 5.74) is 1.99. The molecular formula is C12H10N2O5S2. The van der Waals surface area contributed by atoms with Crippen LogP contribution in [0.1, 0.15) is 16.1 Å². The highest BCUT2D eigenvalue weighted by atomic mass is 32.2. The van der Waals surface area contributed by atoms with E-state index in [0.717, 1.165) is 22.6 Å². The van der Waals surface area contributed by atoms with Gasteiger partial charge < -0.3 is 9.84 Å². The van der Waals surface area contributed by atoms with Crippen LogP contribution >= 0.6 is 11.3 Å². The van der Waals surface area contributed by atoms with Crippen LogP contribution < -0.4 is 9.46 Å². The molecule has 1 aliphatic heterocycles. The quantitative estimate of drug-likeness (QED) is 0.883. The van der Waals surface area contributed by atoms with E-state index in [1.54, 1.807) is 18.2 Å². The van der Waals surface area contributed by atoms with Crippen LogP contribution in [0, 0.1) is 0 Å². The lowest BCUT2D eigenvalue weighted by Gasteiger charge is -2.08. The highest BCUT2D eigenvalue weighted by molar-refractivity contribution is 7.94. The van der Waals surface area contributed by atoms with E-state index >= 15 is 0 Å². The zero-order valence-electron chi connectivity index (χ0n) is 10.6. The average Bonchev–Trinajstić information content (AvgIpc) is 3.06. The molecule has 0 saturated heterocycles. The fraction of sp³-hybridized carbons (Fsp3) is 0.167. The number of rotatable bonds is 4. The van der Waals surface area contributed by atoms with Gasteiger partial charge in [0.1, 0.15) is 5.75 Å². The summed E-state index contributed by atoms with van der Waals surface area (Å²) in [5.74, 6) is -0.638. The molecule has 0 fully saturated rings. The molecule has 9 heteroatoms. The first kappa shape index (κ1) is 13.8. The second-order valence-corrected chi connectivity index (χ2v) is 7.05. The van der Waals surface area contributed by atoms with Crippen LogP contribution in [0.15, 0.2) is 27.9 Å². The molecule has 1 aromatic heterocycles. The number of carboxylic acids is 1. The van der Waals surface area contributed by atoms with E-state index in [1.165, 1.54) is 5.51 Å². The third-order valence-electron chi connectivity index (χ3n) is 2.92. The maximum atomic E-state index is 12.3. The number of hydrogen-bond donors (Lipinski definition) is 2. The van der Waals surface area contributed by atoms with Crippen molar-refractivity contribution in [2.75, 3.05) is 11.3 Å². The number of ether oxygens (including phenoxy) is 1. The second kappa shape index (κ2) is 5.01. The lowest BCUT2D eigenvalue weighted by Crippen LogP contribution is -2.15. The molecule has 2 aromatic rings. The molecule has 0 saturated carbocycles. The van der Waals surface area contributed by atoms with Gasteiger partial charge in [-0.3, -0.25) is 4.72 Å². The van der Waals surface area contributed by atoms with Crippen molar-refractivity contribution >= 4 is 33.0 Å². The largest absolute Gasteiger partial charge is 0.493 e. The van der Waals surface area contributed by atoms with Crippen molar-refractivity contribution in [3.8, 4) is 5.75 Å². The third-order valence-corrected chi connectivity index (χ3v) is 5.67. The number of nitrogens with zero attached hydrogens (tertiary/aromatic N) is 1. The standard InChI is InChI=1S/C12H10N2O5S2/c15-11(16)10-12(20-6-13-10)21(17,18)14-8-1-2-9-7(5-8)3-4-19-9/h1-2,5-6,14H,3-4H2,(H,15,16). The van der Waals surface area contributed by atoms with Crippen molar-refractivity contribution in [1.82, 2.24) is 4.98 Å². The van der Waals surface area contributed by atoms with Crippen molar-refractivity contribution in [2.45, 2.75) is 10.6 Å². The normalized spacial score (nSPS) is 13.5. The fourth-order valence-corrected chi connectivity index (χ4v) is 4.21. The van der Waals surface area contributed by atoms with Crippen LogP contribution in [0.25, 0.3) is 0 Å². The summed E-state index contributed by atoms with van der Waals surface area (Å²) >= 11 is 0.762. The first-order valence-corrected chi connectivity index (χ1v) is 8.29. The van der Waals surface area contributed by atoms with Gasteiger partial charge in [-0.15, -0.1) is 11.3 Å². The maximum absolute atomic E-state index is 12.3. The number of carboxylic acid groups (broad SMARTS) is 1. The molecule has 0 atom stereocenters. The number of benzene rings is 1. The monoisotopic (exact) mass is 326 g/mol.